The molecule has 2 rings (SSSR count). The van der Waals surface area contributed by atoms with E-state index >= 15 is 0 Å². The minimum absolute atomic E-state index is 0.340. The fraction of sp³-hybridized carbons (Fsp3) is 0.429. The quantitative estimate of drug-likeness (QED) is 0.862. The third-order valence-corrected chi connectivity index (χ3v) is 2.88. The highest BCUT2D eigenvalue weighted by atomic mass is 16.5. The highest BCUT2D eigenvalue weighted by Gasteiger charge is 2.15. The van der Waals surface area contributed by atoms with Crippen molar-refractivity contribution in [3.05, 3.63) is 41.5 Å². The minimum Gasteiger partial charge on any atom is -0.497 e. The van der Waals surface area contributed by atoms with Crippen molar-refractivity contribution in [2.24, 2.45) is 11.7 Å². The van der Waals surface area contributed by atoms with Crippen molar-refractivity contribution in [3.8, 4) is 5.75 Å². The SMILES string of the molecule is COc1cccc(C(N)c2n[nH]c(CC(C)C)n2)c1. The number of aromatic nitrogens is 3. The van der Waals surface area contributed by atoms with Crippen molar-refractivity contribution in [3.63, 3.8) is 0 Å². The minimum atomic E-state index is -0.340. The second kappa shape index (κ2) is 5.84. The fourth-order valence-corrected chi connectivity index (χ4v) is 1.91. The number of ether oxygens (including phenoxy) is 1. The molecular formula is C14H20N4O. The molecular weight excluding hydrogens is 240 g/mol. The number of nitrogens with one attached hydrogen (secondary N) is 1. The van der Waals surface area contributed by atoms with E-state index in [1.807, 2.05) is 24.3 Å². The van der Waals surface area contributed by atoms with Crippen LogP contribution in [0.3, 0.4) is 0 Å². The van der Waals surface area contributed by atoms with Crippen LogP contribution in [0, 0.1) is 5.92 Å². The molecule has 2 aromatic rings. The highest BCUT2D eigenvalue weighted by Crippen LogP contribution is 2.21. The molecule has 0 saturated heterocycles. The molecule has 5 heteroatoms. The molecule has 1 unspecified atom stereocenters. The van der Waals surface area contributed by atoms with E-state index in [0.29, 0.717) is 11.7 Å². The molecule has 1 aromatic carbocycles. The van der Waals surface area contributed by atoms with Crippen LogP contribution in [0.2, 0.25) is 0 Å². The maximum Gasteiger partial charge on any atom is 0.171 e. The number of hydrogen-bond acceptors (Lipinski definition) is 4. The first-order valence-corrected chi connectivity index (χ1v) is 6.41. The van der Waals surface area contributed by atoms with Crippen LogP contribution in [-0.4, -0.2) is 22.3 Å². The van der Waals surface area contributed by atoms with Gasteiger partial charge in [-0.25, -0.2) is 4.98 Å². The fourth-order valence-electron chi connectivity index (χ4n) is 1.91. The molecule has 0 fully saturated rings. The molecule has 0 aliphatic rings. The average Bonchev–Trinajstić information content (AvgIpc) is 2.85. The molecule has 0 radical (unpaired) electrons. The van der Waals surface area contributed by atoms with E-state index in [4.69, 9.17) is 10.5 Å². The molecule has 0 aliphatic carbocycles. The van der Waals surface area contributed by atoms with Gasteiger partial charge in [0.1, 0.15) is 11.6 Å². The second-order valence-electron chi connectivity index (χ2n) is 4.99. The number of methoxy groups -OCH3 is 1. The number of nitrogens with zero attached hydrogens (tertiary/aromatic N) is 2. The number of aromatic amines is 1. The van der Waals surface area contributed by atoms with Gasteiger partial charge in [0.25, 0.3) is 0 Å². The van der Waals surface area contributed by atoms with Crippen molar-refractivity contribution in [1.29, 1.82) is 0 Å². The predicted molar refractivity (Wildman–Crippen MR) is 73.9 cm³/mol. The lowest BCUT2D eigenvalue weighted by molar-refractivity contribution is 0.414. The predicted octanol–water partition coefficient (Wildman–Crippen LogP) is 2.06. The van der Waals surface area contributed by atoms with Gasteiger partial charge >= 0.3 is 0 Å². The summed E-state index contributed by atoms with van der Waals surface area (Å²) in [5.41, 5.74) is 7.12. The Bertz CT molecular complexity index is 536. The third kappa shape index (κ3) is 3.32. The molecule has 1 atom stereocenters. The Kier molecular flexibility index (Phi) is 4.16. The van der Waals surface area contributed by atoms with Crippen LogP contribution >= 0.6 is 0 Å². The summed E-state index contributed by atoms with van der Waals surface area (Å²) in [6, 6.07) is 7.32. The van der Waals surface area contributed by atoms with E-state index in [1.165, 1.54) is 0 Å². The van der Waals surface area contributed by atoms with Gasteiger partial charge in [-0.15, -0.1) is 0 Å². The van der Waals surface area contributed by atoms with Crippen LogP contribution in [0.25, 0.3) is 0 Å². The van der Waals surface area contributed by atoms with Gasteiger partial charge in [-0.2, -0.15) is 5.10 Å². The standard InChI is InChI=1S/C14H20N4O/c1-9(2)7-12-16-14(18-17-12)13(15)10-5-4-6-11(8-10)19-3/h4-6,8-9,13H,7,15H2,1-3H3,(H,16,17,18). The van der Waals surface area contributed by atoms with Crippen molar-refractivity contribution in [1.82, 2.24) is 15.2 Å². The van der Waals surface area contributed by atoms with E-state index in [2.05, 4.69) is 29.0 Å². The average molecular weight is 260 g/mol. The van der Waals surface area contributed by atoms with E-state index in [1.54, 1.807) is 7.11 Å². The Morgan fingerprint density at radius 3 is 2.84 bits per heavy atom. The smallest absolute Gasteiger partial charge is 0.171 e. The Morgan fingerprint density at radius 2 is 2.16 bits per heavy atom. The van der Waals surface area contributed by atoms with Gasteiger partial charge in [0, 0.05) is 6.42 Å². The topological polar surface area (TPSA) is 76.8 Å². The van der Waals surface area contributed by atoms with Gasteiger partial charge in [0.15, 0.2) is 5.82 Å². The van der Waals surface area contributed by atoms with Gasteiger partial charge in [0.2, 0.25) is 0 Å². The number of benzene rings is 1. The molecule has 0 aliphatic heterocycles. The summed E-state index contributed by atoms with van der Waals surface area (Å²) in [6.45, 7) is 4.29. The van der Waals surface area contributed by atoms with Crippen LogP contribution < -0.4 is 10.5 Å². The first-order valence-electron chi connectivity index (χ1n) is 6.41. The Hall–Kier alpha value is -1.88. The molecule has 19 heavy (non-hydrogen) atoms. The van der Waals surface area contributed by atoms with Crippen LogP contribution in [0.1, 0.15) is 37.1 Å². The highest BCUT2D eigenvalue weighted by molar-refractivity contribution is 5.32. The number of rotatable bonds is 5. The van der Waals surface area contributed by atoms with Crippen LogP contribution in [0.4, 0.5) is 0 Å². The van der Waals surface area contributed by atoms with Crippen LogP contribution in [0.15, 0.2) is 24.3 Å². The second-order valence-corrected chi connectivity index (χ2v) is 4.99. The lowest BCUT2D eigenvalue weighted by Gasteiger charge is -2.09. The van der Waals surface area contributed by atoms with E-state index in [0.717, 1.165) is 23.6 Å². The Morgan fingerprint density at radius 1 is 1.37 bits per heavy atom. The summed E-state index contributed by atoms with van der Waals surface area (Å²) in [5.74, 6) is 2.81. The largest absolute Gasteiger partial charge is 0.497 e. The van der Waals surface area contributed by atoms with Crippen LogP contribution in [-0.2, 0) is 6.42 Å². The number of H-pyrrole nitrogens is 1. The normalized spacial score (nSPS) is 12.7. The zero-order valence-electron chi connectivity index (χ0n) is 11.6. The van der Waals surface area contributed by atoms with E-state index in [9.17, 15) is 0 Å². The maximum absolute atomic E-state index is 6.18. The van der Waals surface area contributed by atoms with Gasteiger partial charge in [-0.1, -0.05) is 26.0 Å². The van der Waals surface area contributed by atoms with E-state index in [-0.39, 0.29) is 6.04 Å². The Balaban J connectivity index is 2.18. The molecule has 102 valence electrons. The molecule has 0 saturated carbocycles. The molecule has 3 N–H and O–H groups in total. The van der Waals surface area contributed by atoms with Gasteiger partial charge < -0.3 is 10.5 Å². The van der Waals surface area contributed by atoms with Crippen molar-refractivity contribution >= 4 is 0 Å². The zero-order chi connectivity index (χ0) is 13.8. The molecule has 5 nitrogen and oxygen atoms in total. The van der Waals surface area contributed by atoms with Gasteiger partial charge in [0.05, 0.1) is 13.2 Å². The molecule has 0 amide bonds. The van der Waals surface area contributed by atoms with Crippen molar-refractivity contribution in [2.75, 3.05) is 7.11 Å². The molecule has 0 bridgehead atoms. The van der Waals surface area contributed by atoms with Crippen molar-refractivity contribution < 1.29 is 4.74 Å². The number of hydrogen-bond donors (Lipinski definition) is 2. The lowest BCUT2D eigenvalue weighted by Crippen LogP contribution is -2.13. The maximum atomic E-state index is 6.18. The summed E-state index contributed by atoms with van der Waals surface area (Å²) >= 11 is 0. The lowest BCUT2D eigenvalue weighted by atomic mass is 10.1. The third-order valence-electron chi connectivity index (χ3n) is 2.88. The molecule has 1 aromatic heterocycles. The Labute approximate surface area is 113 Å². The number of nitrogens with two attached hydrogens (primary N) is 1. The monoisotopic (exact) mass is 260 g/mol. The summed E-state index contributed by atoms with van der Waals surface area (Å²) in [7, 11) is 1.64. The van der Waals surface area contributed by atoms with Gasteiger partial charge in [-0.05, 0) is 23.6 Å². The van der Waals surface area contributed by atoms with Crippen molar-refractivity contribution in [2.45, 2.75) is 26.3 Å². The summed E-state index contributed by atoms with van der Waals surface area (Å²) < 4.78 is 5.19. The van der Waals surface area contributed by atoms with E-state index < -0.39 is 0 Å². The summed E-state index contributed by atoms with van der Waals surface area (Å²) in [6.07, 6.45) is 0.873. The first-order chi connectivity index (χ1) is 9.10. The first kappa shape index (κ1) is 13.5. The molecule has 0 spiro atoms. The summed E-state index contributed by atoms with van der Waals surface area (Å²) in [4.78, 5) is 4.45. The summed E-state index contributed by atoms with van der Waals surface area (Å²) in [5, 5.41) is 7.14. The van der Waals surface area contributed by atoms with Gasteiger partial charge in [-0.3, -0.25) is 5.10 Å². The van der Waals surface area contributed by atoms with Crippen LogP contribution in [0.5, 0.6) is 5.75 Å². The molecule has 1 heterocycles. The zero-order valence-corrected chi connectivity index (χ0v) is 11.6.